The van der Waals surface area contributed by atoms with Crippen molar-refractivity contribution >= 4 is 40.5 Å². The van der Waals surface area contributed by atoms with E-state index in [1.807, 2.05) is 42.5 Å². The molecule has 36 heavy (non-hydrogen) atoms. The molecule has 0 atom stereocenters. The van der Waals surface area contributed by atoms with Gasteiger partial charge in [0.25, 0.3) is 0 Å². The molecule has 1 heterocycles. The fourth-order valence-electron chi connectivity index (χ4n) is 3.94. The monoisotopic (exact) mass is 530 g/mol. The number of hydrogen-bond acceptors (Lipinski definition) is 7. The Labute approximate surface area is 220 Å². The van der Waals surface area contributed by atoms with Gasteiger partial charge in [0, 0.05) is 40.9 Å². The second-order valence-electron chi connectivity index (χ2n) is 8.19. The van der Waals surface area contributed by atoms with Crippen LogP contribution < -0.4 is 19.7 Å². The number of rotatable bonds is 9. The summed E-state index contributed by atoms with van der Waals surface area (Å²) in [5.41, 5.74) is 3.99. The number of nitrogens with one attached hydrogen (secondary N) is 1. The molecule has 0 radical (unpaired) electrons. The van der Waals surface area contributed by atoms with E-state index in [1.54, 1.807) is 19.2 Å². The van der Waals surface area contributed by atoms with Crippen LogP contribution in [0.4, 0.5) is 11.4 Å². The van der Waals surface area contributed by atoms with Gasteiger partial charge in [0.15, 0.2) is 11.5 Å². The van der Waals surface area contributed by atoms with Crippen LogP contribution in [0.5, 0.6) is 11.5 Å². The van der Waals surface area contributed by atoms with E-state index in [4.69, 9.17) is 42.1 Å². The lowest BCUT2D eigenvalue weighted by atomic mass is 10.1. The average molecular weight is 531 g/mol. The second kappa shape index (κ2) is 12.2. The first kappa shape index (κ1) is 25.9. The lowest BCUT2D eigenvalue weighted by Gasteiger charge is -2.30. The molecule has 7 nitrogen and oxygen atoms in total. The summed E-state index contributed by atoms with van der Waals surface area (Å²) in [5.74, 6) is 0.844. The van der Waals surface area contributed by atoms with Crippen LogP contribution in [0.3, 0.4) is 0 Å². The van der Waals surface area contributed by atoms with Crippen molar-refractivity contribution < 1.29 is 23.7 Å². The minimum absolute atomic E-state index is 0.287. The van der Waals surface area contributed by atoms with Crippen LogP contribution in [0.25, 0.3) is 0 Å². The summed E-state index contributed by atoms with van der Waals surface area (Å²) in [6.45, 7) is 3.54. The van der Waals surface area contributed by atoms with Crippen molar-refractivity contribution in [1.82, 2.24) is 0 Å². The van der Waals surface area contributed by atoms with Gasteiger partial charge in [-0.3, -0.25) is 0 Å². The molecule has 1 aliphatic heterocycles. The van der Waals surface area contributed by atoms with Gasteiger partial charge in [-0.2, -0.15) is 0 Å². The Balaban J connectivity index is 1.44. The van der Waals surface area contributed by atoms with Crippen LogP contribution in [0.1, 0.15) is 21.5 Å². The number of morpholine rings is 1. The number of ether oxygens (including phenoxy) is 4. The predicted molar refractivity (Wildman–Crippen MR) is 142 cm³/mol. The number of methoxy groups -OCH3 is 2. The molecule has 4 rings (SSSR count). The molecular weight excluding hydrogens is 503 g/mol. The maximum Gasteiger partial charge on any atom is 0.340 e. The number of halogens is 2. The van der Waals surface area contributed by atoms with E-state index in [9.17, 15) is 4.79 Å². The second-order valence-corrected chi connectivity index (χ2v) is 9.03. The van der Waals surface area contributed by atoms with E-state index >= 15 is 0 Å². The predicted octanol–water partition coefficient (Wildman–Crippen LogP) is 5.82. The normalized spacial score (nSPS) is 13.3. The fourth-order valence-corrected chi connectivity index (χ4v) is 4.40. The summed E-state index contributed by atoms with van der Waals surface area (Å²) in [6.07, 6.45) is 0. The third-order valence-electron chi connectivity index (χ3n) is 5.88. The summed E-state index contributed by atoms with van der Waals surface area (Å²) < 4.78 is 21.9. The highest BCUT2D eigenvalue weighted by Crippen LogP contribution is 2.31. The third kappa shape index (κ3) is 6.35. The van der Waals surface area contributed by atoms with Crippen LogP contribution in [0.15, 0.2) is 54.6 Å². The SMILES string of the molecule is COC(=O)c1cc(NCc2ccc(OCc3ccc(Cl)cc3Cl)c(OC)c2)ccc1N1CCOCC1. The lowest BCUT2D eigenvalue weighted by Crippen LogP contribution is -2.37. The molecule has 0 spiro atoms. The first-order valence-corrected chi connectivity index (χ1v) is 12.3. The number of carbonyl (C=O) groups excluding carboxylic acids is 1. The Hall–Kier alpha value is -3.13. The quantitative estimate of drug-likeness (QED) is 0.349. The molecule has 0 saturated carbocycles. The molecule has 9 heteroatoms. The van der Waals surface area contributed by atoms with Crippen LogP contribution in [-0.4, -0.2) is 46.5 Å². The number of hydrogen-bond donors (Lipinski definition) is 1. The Morgan fingerprint density at radius 3 is 2.53 bits per heavy atom. The van der Waals surface area contributed by atoms with Crippen LogP contribution in [0.2, 0.25) is 10.0 Å². The zero-order chi connectivity index (χ0) is 25.5. The van der Waals surface area contributed by atoms with Crippen LogP contribution in [0, 0.1) is 0 Å². The molecule has 1 saturated heterocycles. The lowest BCUT2D eigenvalue weighted by molar-refractivity contribution is 0.0600. The summed E-state index contributed by atoms with van der Waals surface area (Å²) >= 11 is 12.2. The minimum Gasteiger partial charge on any atom is -0.493 e. The highest BCUT2D eigenvalue weighted by molar-refractivity contribution is 6.35. The average Bonchev–Trinajstić information content (AvgIpc) is 2.91. The van der Waals surface area contributed by atoms with E-state index < -0.39 is 0 Å². The maximum atomic E-state index is 12.5. The smallest absolute Gasteiger partial charge is 0.340 e. The van der Waals surface area contributed by atoms with Crippen LogP contribution >= 0.6 is 23.2 Å². The molecule has 1 fully saturated rings. The highest BCUT2D eigenvalue weighted by atomic mass is 35.5. The summed E-state index contributed by atoms with van der Waals surface area (Å²) in [7, 11) is 2.99. The first-order chi connectivity index (χ1) is 17.5. The summed E-state index contributed by atoms with van der Waals surface area (Å²) in [6, 6.07) is 16.8. The van der Waals surface area contributed by atoms with Gasteiger partial charge in [-0.25, -0.2) is 4.79 Å². The topological polar surface area (TPSA) is 69.3 Å². The Morgan fingerprint density at radius 2 is 1.81 bits per heavy atom. The molecule has 0 amide bonds. The molecule has 0 bridgehead atoms. The Bertz CT molecular complexity index is 1210. The number of anilines is 2. The van der Waals surface area contributed by atoms with Gasteiger partial charge in [0.05, 0.1) is 38.7 Å². The number of nitrogens with zero attached hydrogens (tertiary/aromatic N) is 1. The number of esters is 1. The maximum absolute atomic E-state index is 12.5. The van der Waals surface area contributed by atoms with E-state index in [-0.39, 0.29) is 12.6 Å². The van der Waals surface area contributed by atoms with Crippen LogP contribution in [-0.2, 0) is 22.6 Å². The standard InChI is InChI=1S/C27H28Cl2N2O5/c1-33-26-13-18(3-8-25(26)36-17-19-4-5-20(28)14-23(19)29)16-30-21-6-7-24(22(15-21)27(32)34-2)31-9-11-35-12-10-31/h3-8,13-15,30H,9-12,16-17H2,1-2H3. The van der Waals surface area contributed by atoms with Crippen molar-refractivity contribution in [3.8, 4) is 11.5 Å². The fraction of sp³-hybridized carbons (Fsp3) is 0.296. The van der Waals surface area contributed by atoms with Crippen molar-refractivity contribution in [2.45, 2.75) is 13.2 Å². The van der Waals surface area contributed by atoms with Gasteiger partial charge in [-0.1, -0.05) is 35.3 Å². The van der Waals surface area contributed by atoms with E-state index in [1.165, 1.54) is 7.11 Å². The summed E-state index contributed by atoms with van der Waals surface area (Å²) in [4.78, 5) is 14.6. The van der Waals surface area contributed by atoms with E-state index in [0.29, 0.717) is 46.9 Å². The van der Waals surface area contributed by atoms with Gasteiger partial charge in [0.2, 0.25) is 0 Å². The van der Waals surface area contributed by atoms with Crippen molar-refractivity contribution in [3.63, 3.8) is 0 Å². The largest absolute Gasteiger partial charge is 0.493 e. The summed E-state index contributed by atoms with van der Waals surface area (Å²) in [5, 5.41) is 4.50. The number of carbonyl (C=O) groups is 1. The number of benzene rings is 3. The van der Waals surface area contributed by atoms with Gasteiger partial charge >= 0.3 is 5.97 Å². The molecule has 3 aromatic carbocycles. The van der Waals surface area contributed by atoms with E-state index in [0.717, 1.165) is 35.6 Å². The van der Waals surface area contributed by atoms with Crippen molar-refractivity contribution in [2.24, 2.45) is 0 Å². The van der Waals surface area contributed by atoms with Gasteiger partial charge in [-0.15, -0.1) is 0 Å². The van der Waals surface area contributed by atoms with E-state index in [2.05, 4.69) is 10.2 Å². The Morgan fingerprint density at radius 1 is 1.00 bits per heavy atom. The molecule has 1 N–H and O–H groups in total. The van der Waals surface area contributed by atoms with Gasteiger partial charge in [0.1, 0.15) is 6.61 Å². The molecule has 190 valence electrons. The molecule has 3 aromatic rings. The molecule has 1 aliphatic rings. The molecule has 0 aromatic heterocycles. The van der Waals surface area contributed by atoms with Gasteiger partial charge in [-0.05, 0) is 48.0 Å². The van der Waals surface area contributed by atoms with Crippen molar-refractivity contribution in [1.29, 1.82) is 0 Å². The molecular formula is C27H28Cl2N2O5. The zero-order valence-electron chi connectivity index (χ0n) is 20.2. The zero-order valence-corrected chi connectivity index (χ0v) is 21.7. The molecule has 0 aliphatic carbocycles. The van der Waals surface area contributed by atoms with Crippen molar-refractivity contribution in [2.75, 3.05) is 50.7 Å². The highest BCUT2D eigenvalue weighted by Gasteiger charge is 2.20. The van der Waals surface area contributed by atoms with Crippen molar-refractivity contribution in [3.05, 3.63) is 81.3 Å². The Kier molecular flexibility index (Phi) is 8.80. The first-order valence-electron chi connectivity index (χ1n) is 11.5. The molecule has 0 unspecified atom stereocenters. The minimum atomic E-state index is -0.371. The third-order valence-corrected chi connectivity index (χ3v) is 6.46. The van der Waals surface area contributed by atoms with Gasteiger partial charge < -0.3 is 29.2 Å².